The molecular weight excluding hydrogens is 154 g/mol. The lowest BCUT2D eigenvalue weighted by atomic mass is 10.3. The maximum atomic E-state index is 10.9. The van der Waals surface area contributed by atoms with Gasteiger partial charge < -0.3 is 10.5 Å². The predicted molar refractivity (Wildman–Crippen MR) is 48.4 cm³/mol. The fourth-order valence-corrected chi connectivity index (χ4v) is 0.612. The van der Waals surface area contributed by atoms with Crippen LogP contribution >= 0.6 is 0 Å². The summed E-state index contributed by atoms with van der Waals surface area (Å²) in [6.07, 6.45) is 3.96. The standard InChI is InChI=1S/C9H17NO2/c1-3-5-6-12-9(11)7-8(10)4-2/h7H,3-6,10H2,1-2H3/b8-7-. The zero-order valence-electron chi connectivity index (χ0n) is 7.80. The SMILES string of the molecule is CCCCOC(=O)/C=C(\N)CC. The molecule has 0 spiro atoms. The second kappa shape index (κ2) is 6.70. The van der Waals surface area contributed by atoms with E-state index in [-0.39, 0.29) is 5.97 Å². The van der Waals surface area contributed by atoms with Gasteiger partial charge in [0.2, 0.25) is 0 Å². The minimum Gasteiger partial charge on any atom is -0.462 e. The Kier molecular flexibility index (Phi) is 6.15. The van der Waals surface area contributed by atoms with E-state index in [0.717, 1.165) is 12.8 Å². The van der Waals surface area contributed by atoms with Crippen LogP contribution in [-0.2, 0) is 9.53 Å². The van der Waals surface area contributed by atoms with Gasteiger partial charge in [-0.15, -0.1) is 0 Å². The topological polar surface area (TPSA) is 52.3 Å². The van der Waals surface area contributed by atoms with Crippen LogP contribution in [-0.4, -0.2) is 12.6 Å². The smallest absolute Gasteiger partial charge is 0.332 e. The number of ether oxygens (including phenoxy) is 1. The summed E-state index contributed by atoms with van der Waals surface area (Å²) in [7, 11) is 0. The first-order valence-electron chi connectivity index (χ1n) is 4.33. The van der Waals surface area contributed by atoms with E-state index in [1.807, 2.05) is 13.8 Å². The van der Waals surface area contributed by atoms with Gasteiger partial charge in [0.25, 0.3) is 0 Å². The van der Waals surface area contributed by atoms with Crippen LogP contribution in [0.4, 0.5) is 0 Å². The van der Waals surface area contributed by atoms with E-state index in [2.05, 4.69) is 0 Å². The van der Waals surface area contributed by atoms with E-state index in [4.69, 9.17) is 10.5 Å². The first kappa shape index (κ1) is 11.0. The van der Waals surface area contributed by atoms with Gasteiger partial charge in [0.15, 0.2) is 0 Å². The number of nitrogens with two attached hydrogens (primary N) is 1. The Balaban J connectivity index is 3.59. The molecule has 0 saturated heterocycles. The summed E-state index contributed by atoms with van der Waals surface area (Å²) in [5.41, 5.74) is 6.00. The van der Waals surface area contributed by atoms with Crippen LogP contribution in [0, 0.1) is 0 Å². The molecular formula is C9H17NO2. The molecule has 3 nitrogen and oxygen atoms in total. The largest absolute Gasteiger partial charge is 0.462 e. The van der Waals surface area contributed by atoms with Crippen molar-refractivity contribution in [2.75, 3.05) is 6.61 Å². The quantitative estimate of drug-likeness (QED) is 0.388. The van der Waals surface area contributed by atoms with Crippen molar-refractivity contribution in [2.24, 2.45) is 5.73 Å². The van der Waals surface area contributed by atoms with Gasteiger partial charge in [0.05, 0.1) is 6.61 Å². The maximum absolute atomic E-state index is 10.9. The molecule has 0 unspecified atom stereocenters. The van der Waals surface area contributed by atoms with Crippen LogP contribution in [0.2, 0.25) is 0 Å². The van der Waals surface area contributed by atoms with Crippen molar-refractivity contribution in [3.05, 3.63) is 11.8 Å². The number of unbranched alkanes of at least 4 members (excludes halogenated alkanes) is 1. The third-order valence-corrected chi connectivity index (χ3v) is 1.45. The Hall–Kier alpha value is -0.990. The number of hydrogen-bond acceptors (Lipinski definition) is 3. The van der Waals surface area contributed by atoms with Crippen LogP contribution in [0.5, 0.6) is 0 Å². The van der Waals surface area contributed by atoms with Crippen LogP contribution in [0.1, 0.15) is 33.1 Å². The predicted octanol–water partition coefficient (Wildman–Crippen LogP) is 1.58. The van der Waals surface area contributed by atoms with Gasteiger partial charge in [0, 0.05) is 11.8 Å². The molecule has 0 aromatic rings. The second-order valence-corrected chi connectivity index (χ2v) is 2.59. The Morgan fingerprint density at radius 1 is 1.50 bits per heavy atom. The fourth-order valence-electron chi connectivity index (χ4n) is 0.612. The number of hydrogen-bond donors (Lipinski definition) is 1. The number of rotatable bonds is 5. The van der Waals surface area contributed by atoms with E-state index in [1.165, 1.54) is 6.08 Å². The number of allylic oxidation sites excluding steroid dienone is 1. The average Bonchev–Trinajstić information content (AvgIpc) is 2.05. The molecule has 0 rings (SSSR count). The summed E-state index contributed by atoms with van der Waals surface area (Å²) < 4.78 is 4.86. The highest BCUT2D eigenvalue weighted by atomic mass is 16.5. The summed E-state index contributed by atoms with van der Waals surface area (Å²) in [5.74, 6) is -0.331. The Bertz CT molecular complexity index is 164. The van der Waals surface area contributed by atoms with Crippen molar-refractivity contribution in [3.63, 3.8) is 0 Å². The summed E-state index contributed by atoms with van der Waals surface area (Å²) >= 11 is 0. The summed E-state index contributed by atoms with van der Waals surface area (Å²) in [6.45, 7) is 4.43. The molecule has 0 bridgehead atoms. The lowest BCUT2D eigenvalue weighted by Gasteiger charge is -2.00. The van der Waals surface area contributed by atoms with Crippen molar-refractivity contribution < 1.29 is 9.53 Å². The minimum absolute atomic E-state index is 0.331. The molecule has 0 fully saturated rings. The summed E-state index contributed by atoms with van der Waals surface area (Å²) in [4.78, 5) is 10.9. The second-order valence-electron chi connectivity index (χ2n) is 2.59. The van der Waals surface area contributed by atoms with Gasteiger partial charge in [-0.2, -0.15) is 0 Å². The van der Waals surface area contributed by atoms with E-state index in [1.54, 1.807) is 0 Å². The molecule has 0 aromatic heterocycles. The molecule has 0 heterocycles. The third-order valence-electron chi connectivity index (χ3n) is 1.45. The maximum Gasteiger partial charge on any atom is 0.332 e. The molecule has 70 valence electrons. The number of carbonyl (C=O) groups is 1. The number of carbonyl (C=O) groups excluding carboxylic acids is 1. The van der Waals surface area contributed by atoms with Crippen molar-refractivity contribution in [1.82, 2.24) is 0 Å². The van der Waals surface area contributed by atoms with E-state index < -0.39 is 0 Å². The van der Waals surface area contributed by atoms with Crippen LogP contribution in [0.3, 0.4) is 0 Å². The highest BCUT2D eigenvalue weighted by Gasteiger charge is 1.97. The molecule has 0 aliphatic heterocycles. The lowest BCUT2D eigenvalue weighted by molar-refractivity contribution is -0.137. The van der Waals surface area contributed by atoms with E-state index >= 15 is 0 Å². The number of esters is 1. The molecule has 0 saturated carbocycles. The van der Waals surface area contributed by atoms with E-state index in [9.17, 15) is 4.79 Å². The van der Waals surface area contributed by atoms with Gasteiger partial charge in [0.1, 0.15) is 0 Å². The molecule has 0 amide bonds. The lowest BCUT2D eigenvalue weighted by Crippen LogP contribution is -2.06. The first-order valence-corrected chi connectivity index (χ1v) is 4.33. The molecule has 3 heteroatoms. The van der Waals surface area contributed by atoms with Crippen molar-refractivity contribution in [3.8, 4) is 0 Å². The molecule has 0 aliphatic carbocycles. The highest BCUT2D eigenvalue weighted by Crippen LogP contribution is 1.94. The van der Waals surface area contributed by atoms with Gasteiger partial charge >= 0.3 is 5.97 Å². The normalized spacial score (nSPS) is 11.3. The Morgan fingerprint density at radius 2 is 2.17 bits per heavy atom. The first-order chi connectivity index (χ1) is 5.70. The highest BCUT2D eigenvalue weighted by molar-refractivity contribution is 5.82. The molecule has 0 radical (unpaired) electrons. The van der Waals surface area contributed by atoms with Crippen molar-refractivity contribution in [1.29, 1.82) is 0 Å². The fraction of sp³-hybridized carbons (Fsp3) is 0.667. The minimum atomic E-state index is -0.331. The van der Waals surface area contributed by atoms with Crippen LogP contribution in [0.15, 0.2) is 11.8 Å². The molecule has 0 aliphatic rings. The van der Waals surface area contributed by atoms with Crippen LogP contribution in [0.25, 0.3) is 0 Å². The van der Waals surface area contributed by atoms with Crippen molar-refractivity contribution in [2.45, 2.75) is 33.1 Å². The Morgan fingerprint density at radius 3 is 2.67 bits per heavy atom. The van der Waals surface area contributed by atoms with E-state index in [0.29, 0.717) is 18.7 Å². The Labute approximate surface area is 73.6 Å². The van der Waals surface area contributed by atoms with Crippen LogP contribution < -0.4 is 5.73 Å². The molecule has 2 N–H and O–H groups in total. The summed E-state index contributed by atoms with van der Waals surface area (Å²) in [5, 5.41) is 0. The molecule has 0 atom stereocenters. The monoisotopic (exact) mass is 171 g/mol. The zero-order valence-corrected chi connectivity index (χ0v) is 7.80. The molecule has 0 aromatic carbocycles. The molecule has 12 heavy (non-hydrogen) atoms. The van der Waals surface area contributed by atoms with Gasteiger partial charge in [-0.05, 0) is 12.8 Å². The van der Waals surface area contributed by atoms with Crippen molar-refractivity contribution >= 4 is 5.97 Å². The average molecular weight is 171 g/mol. The van der Waals surface area contributed by atoms with Gasteiger partial charge in [-0.25, -0.2) is 4.79 Å². The summed E-state index contributed by atoms with van der Waals surface area (Å²) in [6, 6.07) is 0. The van der Waals surface area contributed by atoms with Gasteiger partial charge in [-0.3, -0.25) is 0 Å². The zero-order chi connectivity index (χ0) is 9.40. The van der Waals surface area contributed by atoms with Gasteiger partial charge in [-0.1, -0.05) is 20.3 Å². The third kappa shape index (κ3) is 5.77.